The first kappa shape index (κ1) is 30.7. The quantitative estimate of drug-likeness (QED) is 0.179. The Labute approximate surface area is 299 Å². The van der Waals surface area contributed by atoms with Crippen LogP contribution >= 0.6 is 0 Å². The van der Waals surface area contributed by atoms with Gasteiger partial charge in [-0.05, 0) is 79.9 Å². The number of rotatable bonds is 6. The van der Waals surface area contributed by atoms with Crippen molar-refractivity contribution in [3.05, 3.63) is 193 Å². The highest BCUT2D eigenvalue weighted by Gasteiger charge is 2.35. The number of nitrogens with zero attached hydrogens (tertiary/aromatic N) is 2. The molecule has 0 saturated carbocycles. The predicted octanol–water partition coefficient (Wildman–Crippen LogP) is 12.8. The molecule has 242 valence electrons. The van der Waals surface area contributed by atoms with E-state index in [9.17, 15) is 0 Å². The second-order valence-electron chi connectivity index (χ2n) is 13.9. The molecule has 0 radical (unpaired) electrons. The Morgan fingerprint density at radius 1 is 0.314 bits per heavy atom. The van der Waals surface area contributed by atoms with Crippen molar-refractivity contribution in [3.63, 3.8) is 0 Å². The smallest absolute Gasteiger partial charge is 0.160 e. The third kappa shape index (κ3) is 5.65. The van der Waals surface area contributed by atoms with Crippen LogP contribution in [0.15, 0.2) is 182 Å². The largest absolute Gasteiger partial charge is 0.228 e. The van der Waals surface area contributed by atoms with Crippen molar-refractivity contribution in [2.24, 2.45) is 0 Å². The summed E-state index contributed by atoms with van der Waals surface area (Å²) >= 11 is 0. The molecule has 2 nitrogen and oxygen atoms in total. The maximum Gasteiger partial charge on any atom is 0.160 e. The van der Waals surface area contributed by atoms with Gasteiger partial charge < -0.3 is 0 Å². The molecule has 1 heterocycles. The standard InChI is InChI=1S/C49H36N2/c1-49(2)44-22-10-9-21-42(44)43-28-27-40(31-45(43)49)39-19-11-17-37(29-39)34-23-25-36(26-24-34)48-50-46(35-15-7-4-8-16-35)32-47(51-48)41-20-12-18-38(30-41)33-13-5-3-6-14-33/h3-32H,1-2H3. The summed E-state index contributed by atoms with van der Waals surface area (Å²) in [6.07, 6.45) is 0. The predicted molar refractivity (Wildman–Crippen MR) is 212 cm³/mol. The Bertz CT molecular complexity index is 2530. The summed E-state index contributed by atoms with van der Waals surface area (Å²) in [5, 5.41) is 0. The summed E-state index contributed by atoms with van der Waals surface area (Å²) in [5.74, 6) is 0.707. The minimum Gasteiger partial charge on any atom is -0.228 e. The van der Waals surface area contributed by atoms with Gasteiger partial charge in [0.15, 0.2) is 5.82 Å². The molecule has 51 heavy (non-hydrogen) atoms. The Morgan fingerprint density at radius 3 is 1.47 bits per heavy atom. The molecule has 0 fully saturated rings. The zero-order chi connectivity index (χ0) is 34.4. The van der Waals surface area contributed by atoms with Crippen LogP contribution in [0, 0.1) is 0 Å². The highest BCUT2D eigenvalue weighted by Crippen LogP contribution is 2.49. The molecule has 7 aromatic carbocycles. The van der Waals surface area contributed by atoms with Crippen molar-refractivity contribution in [2.45, 2.75) is 19.3 Å². The Balaban J connectivity index is 1.06. The van der Waals surface area contributed by atoms with Crippen LogP contribution in [-0.4, -0.2) is 9.97 Å². The average molecular weight is 653 g/mol. The lowest BCUT2D eigenvalue weighted by Crippen LogP contribution is -2.14. The van der Waals surface area contributed by atoms with E-state index in [1.807, 2.05) is 12.1 Å². The summed E-state index contributed by atoms with van der Waals surface area (Å²) in [6.45, 7) is 4.67. The molecule has 0 aliphatic heterocycles. The summed E-state index contributed by atoms with van der Waals surface area (Å²) in [5.41, 5.74) is 17.5. The summed E-state index contributed by atoms with van der Waals surface area (Å²) in [4.78, 5) is 10.2. The molecule has 0 saturated heterocycles. The third-order valence-electron chi connectivity index (χ3n) is 10.3. The molecular formula is C49H36N2. The number of hydrogen-bond acceptors (Lipinski definition) is 2. The van der Waals surface area contributed by atoms with Crippen LogP contribution in [0.25, 0.3) is 78.4 Å². The van der Waals surface area contributed by atoms with Crippen LogP contribution in [0.5, 0.6) is 0 Å². The molecule has 0 amide bonds. The van der Waals surface area contributed by atoms with Crippen molar-refractivity contribution in [1.82, 2.24) is 9.97 Å². The van der Waals surface area contributed by atoms with Gasteiger partial charge in [0.05, 0.1) is 11.4 Å². The van der Waals surface area contributed by atoms with Gasteiger partial charge in [0.1, 0.15) is 0 Å². The van der Waals surface area contributed by atoms with Gasteiger partial charge >= 0.3 is 0 Å². The van der Waals surface area contributed by atoms with E-state index in [0.29, 0.717) is 5.82 Å². The minimum absolute atomic E-state index is 0.0280. The van der Waals surface area contributed by atoms with Crippen molar-refractivity contribution >= 4 is 0 Å². The van der Waals surface area contributed by atoms with E-state index in [2.05, 4.69) is 184 Å². The molecule has 0 unspecified atom stereocenters. The molecular weight excluding hydrogens is 617 g/mol. The Kier molecular flexibility index (Phi) is 7.51. The van der Waals surface area contributed by atoms with Gasteiger partial charge in [0.2, 0.25) is 0 Å². The summed E-state index contributed by atoms with van der Waals surface area (Å²) in [6, 6.07) is 64.8. The molecule has 0 bridgehead atoms. The lowest BCUT2D eigenvalue weighted by Gasteiger charge is -2.22. The normalized spacial score (nSPS) is 12.7. The molecule has 1 aromatic heterocycles. The monoisotopic (exact) mass is 652 g/mol. The fourth-order valence-corrected chi connectivity index (χ4v) is 7.54. The molecule has 0 spiro atoms. The SMILES string of the molecule is CC1(C)c2ccccc2-c2ccc(-c3cccc(-c4ccc(-c5nc(-c6ccccc6)cc(-c6cccc(-c7ccccc7)c6)n5)cc4)c3)cc21. The molecule has 9 rings (SSSR count). The molecule has 2 heteroatoms. The van der Waals surface area contributed by atoms with E-state index in [4.69, 9.17) is 9.97 Å². The van der Waals surface area contributed by atoms with E-state index >= 15 is 0 Å². The average Bonchev–Trinajstić information content (AvgIpc) is 3.44. The number of fused-ring (bicyclic) bond motifs is 3. The number of benzene rings is 7. The van der Waals surface area contributed by atoms with Crippen molar-refractivity contribution in [1.29, 1.82) is 0 Å². The van der Waals surface area contributed by atoms with E-state index in [1.165, 1.54) is 44.5 Å². The van der Waals surface area contributed by atoms with E-state index < -0.39 is 0 Å². The zero-order valence-electron chi connectivity index (χ0n) is 28.7. The summed E-state index contributed by atoms with van der Waals surface area (Å²) < 4.78 is 0. The van der Waals surface area contributed by atoms with E-state index in [-0.39, 0.29) is 5.41 Å². The maximum atomic E-state index is 5.13. The van der Waals surface area contributed by atoms with Gasteiger partial charge in [-0.1, -0.05) is 172 Å². The first-order chi connectivity index (χ1) is 25.0. The van der Waals surface area contributed by atoms with Gasteiger partial charge in [0.25, 0.3) is 0 Å². The lowest BCUT2D eigenvalue weighted by atomic mass is 9.81. The van der Waals surface area contributed by atoms with Crippen LogP contribution in [-0.2, 0) is 5.41 Å². The summed E-state index contributed by atoms with van der Waals surface area (Å²) in [7, 11) is 0. The van der Waals surface area contributed by atoms with Gasteiger partial charge in [-0.25, -0.2) is 9.97 Å². The van der Waals surface area contributed by atoms with Crippen LogP contribution < -0.4 is 0 Å². The van der Waals surface area contributed by atoms with Crippen molar-refractivity contribution in [3.8, 4) is 78.4 Å². The fourth-order valence-electron chi connectivity index (χ4n) is 7.54. The van der Waals surface area contributed by atoms with Crippen LogP contribution in [0.3, 0.4) is 0 Å². The lowest BCUT2D eigenvalue weighted by molar-refractivity contribution is 0.660. The van der Waals surface area contributed by atoms with E-state index in [1.54, 1.807) is 0 Å². The zero-order valence-corrected chi connectivity index (χ0v) is 28.7. The Morgan fingerprint density at radius 2 is 0.765 bits per heavy atom. The third-order valence-corrected chi connectivity index (χ3v) is 10.3. The second-order valence-corrected chi connectivity index (χ2v) is 13.9. The topological polar surface area (TPSA) is 25.8 Å². The van der Waals surface area contributed by atoms with Crippen LogP contribution in [0.2, 0.25) is 0 Å². The van der Waals surface area contributed by atoms with E-state index in [0.717, 1.165) is 39.2 Å². The fraction of sp³-hybridized carbons (Fsp3) is 0.0612. The van der Waals surface area contributed by atoms with Gasteiger partial charge in [0, 0.05) is 22.1 Å². The minimum atomic E-state index is -0.0280. The molecule has 1 aliphatic rings. The second kappa shape index (κ2) is 12.5. The highest BCUT2D eigenvalue weighted by atomic mass is 14.9. The van der Waals surface area contributed by atoms with Gasteiger partial charge in [-0.3, -0.25) is 0 Å². The van der Waals surface area contributed by atoms with Gasteiger partial charge in [-0.2, -0.15) is 0 Å². The molecule has 1 aliphatic carbocycles. The first-order valence-corrected chi connectivity index (χ1v) is 17.6. The first-order valence-electron chi connectivity index (χ1n) is 17.6. The Hall–Kier alpha value is -6.38. The van der Waals surface area contributed by atoms with Crippen molar-refractivity contribution < 1.29 is 0 Å². The van der Waals surface area contributed by atoms with Gasteiger partial charge in [-0.15, -0.1) is 0 Å². The number of aromatic nitrogens is 2. The maximum absolute atomic E-state index is 5.13. The molecule has 8 aromatic rings. The molecule has 0 atom stereocenters. The molecule has 0 N–H and O–H groups in total. The van der Waals surface area contributed by atoms with Crippen LogP contribution in [0.1, 0.15) is 25.0 Å². The number of hydrogen-bond donors (Lipinski definition) is 0. The van der Waals surface area contributed by atoms with Crippen LogP contribution in [0.4, 0.5) is 0 Å². The van der Waals surface area contributed by atoms with Crippen molar-refractivity contribution in [2.75, 3.05) is 0 Å². The highest BCUT2D eigenvalue weighted by molar-refractivity contribution is 5.84.